The van der Waals surface area contributed by atoms with E-state index in [9.17, 15) is 4.79 Å². The molecule has 0 saturated heterocycles. The molecule has 0 aliphatic rings. The van der Waals surface area contributed by atoms with E-state index in [1.165, 1.54) is 16.2 Å². The number of methoxy groups -OCH3 is 1. The van der Waals surface area contributed by atoms with Crippen LogP contribution in [0.3, 0.4) is 0 Å². The Morgan fingerprint density at radius 3 is 2.43 bits per heavy atom. The molecule has 6 nitrogen and oxygen atoms in total. The molecule has 120 valence electrons. The molecule has 0 fully saturated rings. The van der Waals surface area contributed by atoms with Gasteiger partial charge in [-0.3, -0.25) is 4.79 Å². The van der Waals surface area contributed by atoms with Gasteiger partial charge in [-0.05, 0) is 13.8 Å². The monoisotopic (exact) mass is 315 g/mol. The molecule has 2 N–H and O–H groups in total. The molecular formula is C14H25N3O3S. The molecule has 0 unspecified atom stereocenters. The first-order valence-electron chi connectivity index (χ1n) is 6.80. The van der Waals surface area contributed by atoms with Crippen molar-refractivity contribution in [1.82, 2.24) is 4.90 Å². The Labute approximate surface area is 130 Å². The van der Waals surface area contributed by atoms with Gasteiger partial charge in [0.2, 0.25) is 0 Å². The van der Waals surface area contributed by atoms with E-state index < -0.39 is 0 Å². The van der Waals surface area contributed by atoms with E-state index in [0.717, 1.165) is 5.00 Å². The van der Waals surface area contributed by atoms with Gasteiger partial charge in [0.05, 0.1) is 12.7 Å². The molecule has 7 heteroatoms. The lowest BCUT2D eigenvalue weighted by Gasteiger charge is -2.20. The van der Waals surface area contributed by atoms with Crippen molar-refractivity contribution < 1.29 is 14.3 Å². The highest BCUT2D eigenvalue weighted by atomic mass is 32.1. The molecule has 1 rings (SSSR count). The van der Waals surface area contributed by atoms with Crippen LogP contribution in [-0.2, 0) is 4.74 Å². The summed E-state index contributed by atoms with van der Waals surface area (Å²) >= 11 is 1.35. The van der Waals surface area contributed by atoms with Crippen LogP contribution in [0.2, 0.25) is 0 Å². The smallest absolute Gasteiger partial charge is 0.265 e. The number of rotatable bonds is 7. The predicted molar refractivity (Wildman–Crippen MR) is 87.7 cm³/mol. The third-order valence-corrected chi connectivity index (χ3v) is 4.10. The molecule has 0 aromatic carbocycles. The summed E-state index contributed by atoms with van der Waals surface area (Å²) in [5.74, 6) is 0.469. The average molecular weight is 315 g/mol. The molecule has 1 aromatic rings. The van der Waals surface area contributed by atoms with Crippen LogP contribution in [0.5, 0.6) is 5.75 Å². The number of carbonyl (C=O) groups is 1. The number of likely N-dealkylation sites (N-methyl/N-ethyl adjacent to an activating group) is 1. The van der Waals surface area contributed by atoms with E-state index in [2.05, 4.69) is 0 Å². The Bertz CT molecular complexity index is 486. The Morgan fingerprint density at radius 2 is 1.95 bits per heavy atom. The van der Waals surface area contributed by atoms with Gasteiger partial charge >= 0.3 is 0 Å². The summed E-state index contributed by atoms with van der Waals surface area (Å²) in [6.07, 6.45) is -0.0150. The van der Waals surface area contributed by atoms with Crippen molar-refractivity contribution in [2.24, 2.45) is 0 Å². The van der Waals surface area contributed by atoms with Crippen LogP contribution in [0.4, 0.5) is 10.7 Å². The second kappa shape index (κ2) is 7.51. The van der Waals surface area contributed by atoms with Crippen LogP contribution in [0.15, 0.2) is 0 Å². The van der Waals surface area contributed by atoms with Crippen LogP contribution in [-0.4, -0.2) is 58.3 Å². The molecular weight excluding hydrogens is 290 g/mol. The molecule has 1 aromatic heterocycles. The first kappa shape index (κ1) is 17.6. The van der Waals surface area contributed by atoms with Gasteiger partial charge in [-0.1, -0.05) is 0 Å². The maximum atomic E-state index is 12.2. The van der Waals surface area contributed by atoms with E-state index in [0.29, 0.717) is 29.5 Å². The summed E-state index contributed by atoms with van der Waals surface area (Å²) in [6.45, 7) is 5.15. The first-order chi connectivity index (χ1) is 9.79. The van der Waals surface area contributed by atoms with Crippen molar-refractivity contribution in [1.29, 1.82) is 0 Å². The summed E-state index contributed by atoms with van der Waals surface area (Å²) in [4.78, 5) is 16.2. The van der Waals surface area contributed by atoms with E-state index in [4.69, 9.17) is 15.2 Å². The minimum absolute atomic E-state index is 0.0150. The minimum atomic E-state index is -0.113. The Balaban J connectivity index is 3.20. The molecule has 0 saturated carbocycles. The number of nitrogens with two attached hydrogens (primary N) is 1. The molecule has 1 heterocycles. The second-order valence-corrected chi connectivity index (χ2v) is 6.26. The zero-order valence-corrected chi connectivity index (χ0v) is 14.4. The molecule has 21 heavy (non-hydrogen) atoms. The zero-order chi connectivity index (χ0) is 16.2. The molecule has 0 spiro atoms. The lowest BCUT2D eigenvalue weighted by atomic mass is 10.3. The quantitative estimate of drug-likeness (QED) is 0.832. The summed E-state index contributed by atoms with van der Waals surface area (Å²) in [6, 6.07) is 0. The van der Waals surface area contributed by atoms with Gasteiger partial charge in [-0.15, -0.1) is 11.3 Å². The fourth-order valence-electron chi connectivity index (χ4n) is 1.71. The van der Waals surface area contributed by atoms with Crippen LogP contribution >= 0.6 is 11.3 Å². The van der Waals surface area contributed by atoms with Gasteiger partial charge in [-0.2, -0.15) is 0 Å². The highest BCUT2D eigenvalue weighted by molar-refractivity contribution is 7.19. The number of nitrogens with zero attached hydrogens (tertiary/aromatic N) is 2. The highest BCUT2D eigenvalue weighted by Crippen LogP contribution is 2.45. The van der Waals surface area contributed by atoms with Crippen LogP contribution < -0.4 is 15.4 Å². The maximum absolute atomic E-state index is 12.2. The van der Waals surface area contributed by atoms with Crippen molar-refractivity contribution in [2.75, 3.05) is 52.0 Å². The van der Waals surface area contributed by atoms with Gasteiger partial charge < -0.3 is 25.0 Å². The van der Waals surface area contributed by atoms with Crippen LogP contribution in [0.1, 0.15) is 23.5 Å². The van der Waals surface area contributed by atoms with E-state index in [-0.39, 0.29) is 12.0 Å². The molecule has 0 bridgehead atoms. The van der Waals surface area contributed by atoms with E-state index in [1.54, 1.807) is 21.2 Å². The molecule has 0 radical (unpaired) electrons. The second-order valence-electron chi connectivity index (χ2n) is 5.26. The summed E-state index contributed by atoms with van der Waals surface area (Å²) in [5, 5.41) is 0.850. The normalized spacial score (nSPS) is 10.8. The number of nitrogen functional groups attached to an aromatic ring is 1. The van der Waals surface area contributed by atoms with Crippen molar-refractivity contribution >= 4 is 27.9 Å². The van der Waals surface area contributed by atoms with Crippen molar-refractivity contribution in [3.8, 4) is 5.75 Å². The maximum Gasteiger partial charge on any atom is 0.265 e. The minimum Gasteiger partial charge on any atom is -0.486 e. The number of carbonyl (C=O) groups excluding carboxylic acids is 1. The SMILES string of the molecule is COCCN(C)c1sc(C(=O)N(C)C)c(N)c1OC(C)C. The van der Waals surface area contributed by atoms with Crippen molar-refractivity contribution in [3.63, 3.8) is 0 Å². The average Bonchev–Trinajstić information content (AvgIpc) is 2.72. The fourth-order valence-corrected chi connectivity index (χ4v) is 2.87. The third-order valence-electron chi connectivity index (χ3n) is 2.81. The standard InChI is InChI=1S/C14H25N3O3S/c1-9(2)20-11-10(15)12(13(18)16(3)4)21-14(11)17(5)7-8-19-6/h9H,7-8,15H2,1-6H3. The summed E-state index contributed by atoms with van der Waals surface area (Å²) in [7, 11) is 7.00. The van der Waals surface area contributed by atoms with E-state index >= 15 is 0 Å². The van der Waals surface area contributed by atoms with Gasteiger partial charge in [0.1, 0.15) is 15.6 Å². The van der Waals surface area contributed by atoms with Gasteiger partial charge in [0, 0.05) is 34.8 Å². The van der Waals surface area contributed by atoms with E-state index in [1.807, 2.05) is 25.8 Å². The molecule has 0 aliphatic carbocycles. The van der Waals surface area contributed by atoms with Gasteiger partial charge in [-0.25, -0.2) is 0 Å². The van der Waals surface area contributed by atoms with Gasteiger partial charge in [0.15, 0.2) is 5.75 Å². The third kappa shape index (κ3) is 4.25. The lowest BCUT2D eigenvalue weighted by molar-refractivity contribution is 0.0832. The van der Waals surface area contributed by atoms with Crippen LogP contribution in [0, 0.1) is 0 Å². The first-order valence-corrected chi connectivity index (χ1v) is 7.61. The Kier molecular flexibility index (Phi) is 6.29. The Morgan fingerprint density at radius 1 is 1.33 bits per heavy atom. The fraction of sp³-hybridized carbons (Fsp3) is 0.643. The topological polar surface area (TPSA) is 68.0 Å². The number of anilines is 2. The largest absolute Gasteiger partial charge is 0.486 e. The van der Waals surface area contributed by atoms with Crippen molar-refractivity contribution in [2.45, 2.75) is 20.0 Å². The summed E-state index contributed by atoms with van der Waals surface area (Å²) in [5.41, 5.74) is 6.55. The number of ether oxygens (including phenoxy) is 2. The molecule has 0 atom stereocenters. The Hall–Kier alpha value is -1.47. The lowest BCUT2D eigenvalue weighted by Crippen LogP contribution is -2.22. The van der Waals surface area contributed by atoms with Crippen LogP contribution in [0.25, 0.3) is 0 Å². The summed E-state index contributed by atoms with van der Waals surface area (Å²) < 4.78 is 10.9. The molecule has 1 amide bonds. The predicted octanol–water partition coefficient (Wildman–Crippen LogP) is 1.90. The highest BCUT2D eigenvalue weighted by Gasteiger charge is 2.25. The number of hydrogen-bond donors (Lipinski definition) is 1. The van der Waals surface area contributed by atoms with Crippen molar-refractivity contribution in [3.05, 3.63) is 4.88 Å². The van der Waals surface area contributed by atoms with Gasteiger partial charge in [0.25, 0.3) is 5.91 Å². The molecule has 0 aliphatic heterocycles. The number of amides is 1. The number of thiophene rings is 1. The number of hydrogen-bond acceptors (Lipinski definition) is 6. The zero-order valence-electron chi connectivity index (χ0n) is 13.6.